The van der Waals surface area contributed by atoms with Gasteiger partial charge in [-0.3, -0.25) is 0 Å². The molecule has 0 saturated heterocycles. The summed E-state index contributed by atoms with van der Waals surface area (Å²) < 4.78 is 10.3. The topological polar surface area (TPSA) is 59.7 Å². The van der Waals surface area contributed by atoms with Gasteiger partial charge in [-0.2, -0.15) is 0 Å². The number of methoxy groups -OCH3 is 1. The van der Waals surface area contributed by atoms with Crippen LogP contribution < -0.4 is 10.4 Å². The third-order valence-electron chi connectivity index (χ3n) is 3.23. The van der Waals surface area contributed by atoms with E-state index in [1.807, 2.05) is 0 Å². The second-order valence-electron chi connectivity index (χ2n) is 4.66. The molecule has 0 unspecified atom stereocenters. The Labute approximate surface area is 121 Å². The molecule has 1 aromatic heterocycles. The van der Waals surface area contributed by atoms with Gasteiger partial charge in [-0.1, -0.05) is 31.4 Å². The molecule has 2 aromatic rings. The van der Waals surface area contributed by atoms with E-state index in [4.69, 9.17) is 20.8 Å². The monoisotopic (exact) mass is 296 g/mol. The first-order valence-electron chi connectivity index (χ1n) is 6.60. The van der Waals surface area contributed by atoms with Crippen molar-refractivity contribution in [3.05, 3.63) is 33.3 Å². The van der Waals surface area contributed by atoms with E-state index in [1.54, 1.807) is 12.1 Å². The lowest BCUT2D eigenvalue weighted by atomic mass is 10.1. The summed E-state index contributed by atoms with van der Waals surface area (Å²) in [7, 11) is 1.46. The Bertz CT molecular complexity index is 676. The van der Waals surface area contributed by atoms with Crippen molar-refractivity contribution in [2.45, 2.75) is 32.6 Å². The summed E-state index contributed by atoms with van der Waals surface area (Å²) in [5, 5.41) is 10.7. The van der Waals surface area contributed by atoms with Gasteiger partial charge < -0.3 is 14.3 Å². The van der Waals surface area contributed by atoms with Gasteiger partial charge in [-0.05, 0) is 23.9 Å². The number of hydrogen-bond acceptors (Lipinski definition) is 4. The van der Waals surface area contributed by atoms with Crippen LogP contribution in [0, 0.1) is 0 Å². The molecule has 20 heavy (non-hydrogen) atoms. The Morgan fingerprint density at radius 1 is 1.35 bits per heavy atom. The highest BCUT2D eigenvalue weighted by Crippen LogP contribution is 2.38. The predicted molar refractivity (Wildman–Crippen MR) is 78.9 cm³/mol. The Kier molecular flexibility index (Phi) is 4.55. The van der Waals surface area contributed by atoms with Gasteiger partial charge in [0.2, 0.25) is 0 Å². The molecule has 1 aromatic carbocycles. The molecule has 0 aliphatic heterocycles. The zero-order chi connectivity index (χ0) is 14.7. The Balaban J connectivity index is 2.53. The van der Waals surface area contributed by atoms with Gasteiger partial charge in [0.1, 0.15) is 21.9 Å². The first-order valence-corrected chi connectivity index (χ1v) is 6.98. The molecule has 5 heteroatoms. The summed E-state index contributed by atoms with van der Waals surface area (Å²) in [5.74, 6) is 0.649. The number of fused-ring (bicyclic) bond motifs is 1. The van der Waals surface area contributed by atoms with Crippen molar-refractivity contribution in [1.82, 2.24) is 0 Å². The van der Waals surface area contributed by atoms with Gasteiger partial charge in [-0.25, -0.2) is 4.79 Å². The molecule has 0 radical (unpaired) electrons. The standard InChI is InChI=1S/C15H17ClO4/c1-3-4-5-6-10-7-9-8-11(19-2)13(16)14(17)12(9)15(18)20-10/h7-8,17H,3-6H2,1-2H3. The number of unbranched alkanes of at least 4 members (excludes halogenated alkanes) is 2. The minimum Gasteiger partial charge on any atom is -0.505 e. The SMILES string of the molecule is CCCCCc1cc2cc(OC)c(Cl)c(O)c2c(=O)o1. The maximum atomic E-state index is 12.0. The smallest absolute Gasteiger partial charge is 0.347 e. The minimum atomic E-state index is -0.573. The normalized spacial score (nSPS) is 10.9. The summed E-state index contributed by atoms with van der Waals surface area (Å²) in [6.45, 7) is 2.11. The van der Waals surface area contributed by atoms with E-state index in [1.165, 1.54) is 7.11 Å². The van der Waals surface area contributed by atoms with Gasteiger partial charge in [0.15, 0.2) is 5.75 Å². The predicted octanol–water partition coefficient (Wildman–Crippen LogP) is 3.89. The second kappa shape index (κ2) is 6.18. The number of hydrogen-bond donors (Lipinski definition) is 1. The maximum absolute atomic E-state index is 12.0. The zero-order valence-electron chi connectivity index (χ0n) is 11.5. The number of rotatable bonds is 5. The molecule has 0 fully saturated rings. The van der Waals surface area contributed by atoms with Gasteiger partial charge in [0, 0.05) is 6.42 Å². The number of aryl methyl sites for hydroxylation is 1. The Morgan fingerprint density at radius 3 is 2.75 bits per heavy atom. The number of benzene rings is 1. The van der Waals surface area contributed by atoms with E-state index in [0.29, 0.717) is 23.3 Å². The minimum absolute atomic E-state index is 0.0195. The van der Waals surface area contributed by atoms with Crippen LogP contribution in [0.15, 0.2) is 21.3 Å². The van der Waals surface area contributed by atoms with Crippen LogP contribution >= 0.6 is 11.6 Å². The van der Waals surface area contributed by atoms with Gasteiger partial charge in [-0.15, -0.1) is 0 Å². The second-order valence-corrected chi connectivity index (χ2v) is 5.04. The molecule has 1 N–H and O–H groups in total. The van der Waals surface area contributed by atoms with E-state index in [2.05, 4.69) is 6.92 Å². The third kappa shape index (κ3) is 2.75. The van der Waals surface area contributed by atoms with Crippen LogP contribution in [-0.4, -0.2) is 12.2 Å². The summed E-state index contributed by atoms with van der Waals surface area (Å²) in [4.78, 5) is 12.0. The summed E-state index contributed by atoms with van der Waals surface area (Å²) in [6.07, 6.45) is 3.84. The lowest BCUT2D eigenvalue weighted by Crippen LogP contribution is -2.03. The van der Waals surface area contributed by atoms with Crippen LogP contribution in [0.2, 0.25) is 5.02 Å². The zero-order valence-corrected chi connectivity index (χ0v) is 12.3. The number of phenols is 1. The fourth-order valence-electron chi connectivity index (χ4n) is 2.16. The molecule has 2 rings (SSSR count). The van der Waals surface area contributed by atoms with Crippen molar-refractivity contribution in [2.24, 2.45) is 0 Å². The van der Waals surface area contributed by atoms with Crippen LogP contribution in [0.4, 0.5) is 0 Å². The third-order valence-corrected chi connectivity index (χ3v) is 3.59. The first-order chi connectivity index (χ1) is 9.58. The highest BCUT2D eigenvalue weighted by molar-refractivity contribution is 6.34. The number of phenolic OH excluding ortho intramolecular Hbond substituents is 1. The molecule has 0 aliphatic rings. The summed E-state index contributed by atoms with van der Waals surface area (Å²) in [5.41, 5.74) is -0.573. The number of aromatic hydroxyl groups is 1. The number of halogens is 1. The van der Waals surface area contributed by atoms with Crippen molar-refractivity contribution < 1.29 is 14.3 Å². The fourth-order valence-corrected chi connectivity index (χ4v) is 2.39. The fraction of sp³-hybridized carbons (Fsp3) is 0.400. The van der Waals surface area contributed by atoms with Crippen LogP contribution in [0.25, 0.3) is 10.8 Å². The van der Waals surface area contributed by atoms with Crippen molar-refractivity contribution in [3.8, 4) is 11.5 Å². The lowest BCUT2D eigenvalue weighted by molar-refractivity contribution is 0.408. The average molecular weight is 297 g/mol. The molecule has 0 aliphatic carbocycles. The highest BCUT2D eigenvalue weighted by atomic mass is 35.5. The van der Waals surface area contributed by atoms with Gasteiger partial charge in [0.05, 0.1) is 7.11 Å². The molecule has 0 bridgehead atoms. The van der Waals surface area contributed by atoms with Crippen molar-refractivity contribution in [2.75, 3.05) is 7.11 Å². The van der Waals surface area contributed by atoms with Gasteiger partial charge >= 0.3 is 5.63 Å². The largest absolute Gasteiger partial charge is 0.505 e. The van der Waals surface area contributed by atoms with Crippen LogP contribution in [-0.2, 0) is 6.42 Å². The van der Waals surface area contributed by atoms with E-state index in [9.17, 15) is 9.90 Å². The first kappa shape index (κ1) is 14.7. The molecule has 4 nitrogen and oxygen atoms in total. The molecular formula is C15H17ClO4. The molecule has 0 amide bonds. The maximum Gasteiger partial charge on any atom is 0.347 e. The van der Waals surface area contributed by atoms with E-state index in [0.717, 1.165) is 19.3 Å². The molecule has 0 atom stereocenters. The lowest BCUT2D eigenvalue weighted by Gasteiger charge is -2.08. The van der Waals surface area contributed by atoms with E-state index >= 15 is 0 Å². The van der Waals surface area contributed by atoms with Gasteiger partial charge in [0.25, 0.3) is 0 Å². The van der Waals surface area contributed by atoms with E-state index in [-0.39, 0.29) is 16.2 Å². The number of ether oxygens (including phenoxy) is 1. The van der Waals surface area contributed by atoms with E-state index < -0.39 is 5.63 Å². The Morgan fingerprint density at radius 2 is 2.10 bits per heavy atom. The molecule has 0 spiro atoms. The summed E-state index contributed by atoms with van der Waals surface area (Å²) >= 11 is 5.93. The summed E-state index contributed by atoms with van der Waals surface area (Å²) in [6, 6.07) is 3.39. The molecule has 108 valence electrons. The van der Waals surface area contributed by atoms with Crippen LogP contribution in [0.5, 0.6) is 11.5 Å². The highest BCUT2D eigenvalue weighted by Gasteiger charge is 2.16. The molecular weight excluding hydrogens is 280 g/mol. The average Bonchev–Trinajstić information content (AvgIpc) is 2.42. The molecule has 1 heterocycles. The molecule has 0 saturated carbocycles. The quantitative estimate of drug-likeness (QED) is 0.850. The van der Waals surface area contributed by atoms with Crippen LogP contribution in [0.3, 0.4) is 0 Å². The van der Waals surface area contributed by atoms with Crippen molar-refractivity contribution in [3.63, 3.8) is 0 Å². The van der Waals surface area contributed by atoms with Crippen molar-refractivity contribution >= 4 is 22.4 Å². The Hall–Kier alpha value is -1.68. The van der Waals surface area contributed by atoms with Crippen LogP contribution in [0.1, 0.15) is 31.9 Å². The van der Waals surface area contributed by atoms with Crippen molar-refractivity contribution in [1.29, 1.82) is 0 Å².